The molecule has 0 saturated heterocycles. The first kappa shape index (κ1) is 15.5. The molecule has 3 heterocycles. The van der Waals surface area contributed by atoms with Crippen LogP contribution < -0.4 is 5.32 Å². The van der Waals surface area contributed by atoms with Gasteiger partial charge in [-0.2, -0.15) is 0 Å². The third kappa shape index (κ3) is 3.29. The normalized spacial score (nSPS) is 11.1. The first-order valence-electron chi connectivity index (χ1n) is 7.64. The number of aromatic amines is 1. The minimum Gasteiger partial charge on any atom is -0.338 e. The Balaban J connectivity index is 1.50. The number of hydrogen-bond donors (Lipinski definition) is 2. The Morgan fingerprint density at radius 1 is 1.20 bits per heavy atom. The van der Waals surface area contributed by atoms with E-state index in [9.17, 15) is 4.79 Å². The van der Waals surface area contributed by atoms with E-state index in [2.05, 4.69) is 36.5 Å². The molecule has 1 aromatic carbocycles. The van der Waals surface area contributed by atoms with Crippen LogP contribution in [0.4, 0.5) is 5.69 Å². The number of carbonyl (C=O) groups is 1. The summed E-state index contributed by atoms with van der Waals surface area (Å²) in [6, 6.07) is 9.56. The van der Waals surface area contributed by atoms with E-state index in [0.29, 0.717) is 16.5 Å². The molecule has 0 aliphatic heterocycles. The molecule has 0 aliphatic rings. The summed E-state index contributed by atoms with van der Waals surface area (Å²) >= 11 is 1.24. The first-order chi connectivity index (χ1) is 12.2. The van der Waals surface area contributed by atoms with Crippen molar-refractivity contribution in [2.45, 2.75) is 12.1 Å². The van der Waals surface area contributed by atoms with Gasteiger partial charge in [-0.15, -0.1) is 10.2 Å². The summed E-state index contributed by atoms with van der Waals surface area (Å²) in [7, 11) is 0. The van der Waals surface area contributed by atoms with Gasteiger partial charge in [-0.05, 0) is 31.2 Å². The molecule has 7 nitrogen and oxygen atoms in total. The molecule has 0 atom stereocenters. The van der Waals surface area contributed by atoms with Gasteiger partial charge in [0.05, 0.1) is 5.75 Å². The number of aromatic nitrogens is 5. The average molecular weight is 350 g/mol. The van der Waals surface area contributed by atoms with Gasteiger partial charge in [0, 0.05) is 29.0 Å². The number of anilines is 1. The molecule has 3 aromatic heterocycles. The number of pyridine rings is 1. The topological polar surface area (TPSA) is 96.5 Å². The van der Waals surface area contributed by atoms with Gasteiger partial charge in [-0.3, -0.25) is 9.78 Å². The second kappa shape index (κ2) is 6.48. The lowest BCUT2D eigenvalue weighted by atomic mass is 10.2. The molecule has 0 radical (unpaired) electrons. The number of amides is 1. The Morgan fingerprint density at radius 3 is 2.88 bits per heavy atom. The van der Waals surface area contributed by atoms with E-state index in [1.165, 1.54) is 11.8 Å². The number of H-pyrrole nitrogens is 1. The molecule has 0 fully saturated rings. The lowest BCUT2D eigenvalue weighted by molar-refractivity contribution is -0.113. The maximum atomic E-state index is 12.0. The minimum absolute atomic E-state index is 0.132. The number of rotatable bonds is 4. The van der Waals surface area contributed by atoms with Crippen molar-refractivity contribution >= 4 is 45.4 Å². The number of nitrogens with one attached hydrogen (secondary N) is 2. The largest absolute Gasteiger partial charge is 0.338 e. The van der Waals surface area contributed by atoms with E-state index in [4.69, 9.17) is 0 Å². The van der Waals surface area contributed by atoms with Crippen LogP contribution in [0.2, 0.25) is 0 Å². The van der Waals surface area contributed by atoms with Crippen molar-refractivity contribution in [1.29, 1.82) is 0 Å². The number of hydrogen-bond acceptors (Lipinski definition) is 6. The molecule has 0 spiro atoms. The van der Waals surface area contributed by atoms with E-state index in [-0.39, 0.29) is 11.7 Å². The molecule has 0 unspecified atom stereocenters. The van der Waals surface area contributed by atoms with Crippen LogP contribution >= 0.6 is 11.8 Å². The van der Waals surface area contributed by atoms with Crippen LogP contribution in [0.5, 0.6) is 0 Å². The number of nitrogens with zero attached hydrogens (tertiary/aromatic N) is 4. The van der Waals surface area contributed by atoms with E-state index < -0.39 is 0 Å². The number of thioether (sulfide) groups is 1. The highest BCUT2D eigenvalue weighted by molar-refractivity contribution is 7.99. The van der Waals surface area contributed by atoms with Gasteiger partial charge in [0.15, 0.2) is 5.65 Å². The Bertz CT molecular complexity index is 1060. The average Bonchev–Trinajstić information content (AvgIpc) is 2.98. The molecule has 0 bridgehead atoms. The monoisotopic (exact) mass is 350 g/mol. The predicted molar refractivity (Wildman–Crippen MR) is 97.5 cm³/mol. The lowest BCUT2D eigenvalue weighted by Gasteiger charge is -2.03. The molecule has 1 amide bonds. The van der Waals surface area contributed by atoms with Gasteiger partial charge < -0.3 is 10.3 Å². The van der Waals surface area contributed by atoms with Gasteiger partial charge in [-0.25, -0.2) is 4.98 Å². The van der Waals surface area contributed by atoms with Crippen molar-refractivity contribution < 1.29 is 4.79 Å². The fourth-order valence-electron chi connectivity index (χ4n) is 2.49. The summed E-state index contributed by atoms with van der Waals surface area (Å²) in [6.45, 7) is 2.03. The molecule has 0 saturated carbocycles. The number of benzene rings is 1. The quantitative estimate of drug-likeness (QED) is 0.549. The van der Waals surface area contributed by atoms with Crippen molar-refractivity contribution in [1.82, 2.24) is 25.1 Å². The second-order valence-electron chi connectivity index (χ2n) is 5.54. The van der Waals surface area contributed by atoms with Crippen LogP contribution in [-0.2, 0) is 4.79 Å². The summed E-state index contributed by atoms with van der Waals surface area (Å²) < 4.78 is 0. The SMILES string of the molecule is Cc1ccc2[nH]c3nc(SCC(=O)Nc4ccncc4)nnc3c2c1. The van der Waals surface area contributed by atoms with Crippen LogP contribution in [0, 0.1) is 6.92 Å². The van der Waals surface area contributed by atoms with Crippen LogP contribution in [0.3, 0.4) is 0 Å². The van der Waals surface area contributed by atoms with Crippen molar-refractivity contribution in [3.8, 4) is 0 Å². The first-order valence-corrected chi connectivity index (χ1v) is 8.63. The Labute approximate surface area is 147 Å². The lowest BCUT2D eigenvalue weighted by Crippen LogP contribution is -2.14. The van der Waals surface area contributed by atoms with Gasteiger partial charge in [0.1, 0.15) is 5.52 Å². The highest BCUT2D eigenvalue weighted by Gasteiger charge is 2.11. The van der Waals surface area contributed by atoms with Crippen LogP contribution in [0.15, 0.2) is 47.9 Å². The zero-order chi connectivity index (χ0) is 17.2. The zero-order valence-corrected chi connectivity index (χ0v) is 14.2. The summed E-state index contributed by atoms with van der Waals surface area (Å²) in [5, 5.41) is 12.7. The highest BCUT2D eigenvalue weighted by atomic mass is 32.2. The van der Waals surface area contributed by atoms with Crippen molar-refractivity contribution in [2.24, 2.45) is 0 Å². The molecule has 2 N–H and O–H groups in total. The molecule has 8 heteroatoms. The fourth-order valence-corrected chi connectivity index (χ4v) is 3.08. The molecule has 25 heavy (non-hydrogen) atoms. The van der Waals surface area contributed by atoms with Gasteiger partial charge in [0.25, 0.3) is 0 Å². The van der Waals surface area contributed by atoms with Gasteiger partial charge in [0.2, 0.25) is 11.1 Å². The van der Waals surface area contributed by atoms with E-state index >= 15 is 0 Å². The smallest absolute Gasteiger partial charge is 0.234 e. The van der Waals surface area contributed by atoms with E-state index in [1.807, 2.05) is 19.1 Å². The Morgan fingerprint density at radius 2 is 2.04 bits per heavy atom. The fraction of sp³-hybridized carbons (Fsp3) is 0.118. The maximum Gasteiger partial charge on any atom is 0.234 e. The van der Waals surface area contributed by atoms with E-state index in [1.54, 1.807) is 24.5 Å². The second-order valence-corrected chi connectivity index (χ2v) is 6.48. The van der Waals surface area contributed by atoms with E-state index in [0.717, 1.165) is 22.0 Å². The third-order valence-electron chi connectivity index (χ3n) is 3.65. The molecular formula is C17H14N6OS. The standard InChI is InChI=1S/C17H14N6OS/c1-10-2-3-13-12(8-10)15-16(20-13)21-17(23-22-15)25-9-14(24)19-11-4-6-18-7-5-11/h2-8H,9H2,1H3,(H,18,19,24)(H,20,21,23). The molecule has 124 valence electrons. The molecular weight excluding hydrogens is 336 g/mol. The van der Waals surface area contributed by atoms with Crippen molar-refractivity contribution in [3.63, 3.8) is 0 Å². The molecule has 4 rings (SSSR count). The summed E-state index contributed by atoms with van der Waals surface area (Å²) in [6.07, 6.45) is 3.25. The zero-order valence-electron chi connectivity index (χ0n) is 13.4. The number of fused-ring (bicyclic) bond motifs is 3. The van der Waals surface area contributed by atoms with Gasteiger partial charge >= 0.3 is 0 Å². The number of aryl methyl sites for hydroxylation is 1. The minimum atomic E-state index is -0.132. The van der Waals surface area contributed by atoms with Gasteiger partial charge in [-0.1, -0.05) is 23.4 Å². The van der Waals surface area contributed by atoms with Crippen molar-refractivity contribution in [3.05, 3.63) is 48.3 Å². The van der Waals surface area contributed by atoms with Crippen LogP contribution in [0.1, 0.15) is 5.56 Å². The predicted octanol–water partition coefficient (Wildman–Crippen LogP) is 2.94. The maximum absolute atomic E-state index is 12.0. The summed E-state index contributed by atoms with van der Waals surface area (Å²) in [4.78, 5) is 23.6. The number of carbonyl (C=O) groups excluding carboxylic acids is 1. The summed E-state index contributed by atoms with van der Waals surface area (Å²) in [5.41, 5.74) is 4.25. The summed E-state index contributed by atoms with van der Waals surface area (Å²) in [5.74, 6) is 0.0710. The highest BCUT2D eigenvalue weighted by Crippen LogP contribution is 2.24. The van der Waals surface area contributed by atoms with Crippen molar-refractivity contribution in [2.75, 3.05) is 11.1 Å². The van der Waals surface area contributed by atoms with Crippen LogP contribution in [0.25, 0.3) is 22.1 Å². The Kier molecular flexibility index (Phi) is 4.02. The Hall–Kier alpha value is -3.00. The molecule has 0 aliphatic carbocycles. The molecule has 4 aromatic rings. The van der Waals surface area contributed by atoms with Crippen LogP contribution in [-0.4, -0.2) is 36.8 Å². The third-order valence-corrected chi connectivity index (χ3v) is 4.48.